The Kier molecular flexibility index (Phi) is 5.23. The molecule has 0 fully saturated rings. The number of nitrogens with one attached hydrogen (secondary N) is 1. The summed E-state index contributed by atoms with van der Waals surface area (Å²) in [6.45, 7) is 6.98. The minimum Gasteiger partial charge on any atom is -0.444 e. The molecule has 5 heteroatoms. The van der Waals surface area contributed by atoms with Gasteiger partial charge in [-0.15, -0.1) is 11.6 Å². The molecule has 0 spiro atoms. The number of alkyl halides is 1. The van der Waals surface area contributed by atoms with Gasteiger partial charge in [0, 0.05) is 0 Å². The first-order valence-corrected chi connectivity index (χ1v) is 5.03. The molecule has 1 amide bonds. The van der Waals surface area contributed by atoms with Gasteiger partial charge in [-0.1, -0.05) is 0 Å². The Hall–Kier alpha value is -0.480. The number of hydrogen-bond acceptors (Lipinski definition) is 3. The number of hydrogen-bond donors (Lipinski definition) is 2. The average molecular weight is 224 g/mol. The van der Waals surface area contributed by atoms with Crippen molar-refractivity contribution >= 4 is 17.7 Å². The van der Waals surface area contributed by atoms with E-state index in [9.17, 15) is 9.90 Å². The standard InChI is InChI=1S/C9H18ClNO3/c1-6(7(12)5-10)11-8(13)14-9(2,3)4/h6-7,12H,5H2,1-4H3,(H,11,13)/t6-,7?/m1/s1. The molecule has 0 radical (unpaired) electrons. The zero-order valence-corrected chi connectivity index (χ0v) is 9.76. The van der Waals surface area contributed by atoms with Crippen molar-refractivity contribution in [3.63, 3.8) is 0 Å². The van der Waals surface area contributed by atoms with Gasteiger partial charge in [-0.25, -0.2) is 4.79 Å². The predicted octanol–water partition coefficient (Wildman–Crippen LogP) is 1.50. The third kappa shape index (κ3) is 6.05. The number of carbonyl (C=O) groups excluding carboxylic acids is 1. The highest BCUT2D eigenvalue weighted by Crippen LogP contribution is 2.07. The lowest BCUT2D eigenvalue weighted by atomic mass is 10.2. The second kappa shape index (κ2) is 5.41. The number of halogens is 1. The van der Waals surface area contributed by atoms with Crippen LogP contribution in [0.1, 0.15) is 27.7 Å². The number of alkyl carbamates (subject to hydrolysis) is 1. The first kappa shape index (κ1) is 13.5. The van der Waals surface area contributed by atoms with Crippen LogP contribution in [0.25, 0.3) is 0 Å². The number of rotatable bonds is 3. The Morgan fingerprint density at radius 3 is 2.43 bits per heavy atom. The first-order chi connectivity index (χ1) is 6.26. The highest BCUT2D eigenvalue weighted by molar-refractivity contribution is 6.18. The van der Waals surface area contributed by atoms with Gasteiger partial charge in [0.25, 0.3) is 0 Å². The number of aliphatic hydroxyl groups is 1. The lowest BCUT2D eigenvalue weighted by molar-refractivity contribution is 0.0452. The van der Waals surface area contributed by atoms with Gasteiger partial charge in [0.2, 0.25) is 0 Å². The van der Waals surface area contributed by atoms with Crippen molar-refractivity contribution in [2.24, 2.45) is 0 Å². The van der Waals surface area contributed by atoms with Crippen LogP contribution in [0.15, 0.2) is 0 Å². The van der Waals surface area contributed by atoms with E-state index in [1.165, 1.54) is 0 Å². The molecule has 0 saturated heterocycles. The monoisotopic (exact) mass is 223 g/mol. The molecule has 14 heavy (non-hydrogen) atoms. The van der Waals surface area contributed by atoms with Crippen LogP contribution in [-0.4, -0.2) is 34.8 Å². The maximum Gasteiger partial charge on any atom is 0.407 e. The second-order valence-corrected chi connectivity index (χ2v) is 4.47. The highest BCUT2D eigenvalue weighted by Gasteiger charge is 2.20. The fraction of sp³-hybridized carbons (Fsp3) is 0.889. The van der Waals surface area contributed by atoms with E-state index in [4.69, 9.17) is 16.3 Å². The molecule has 1 unspecified atom stereocenters. The van der Waals surface area contributed by atoms with Crippen LogP contribution in [0.5, 0.6) is 0 Å². The van der Waals surface area contributed by atoms with Crippen LogP contribution in [0, 0.1) is 0 Å². The first-order valence-electron chi connectivity index (χ1n) is 4.50. The Labute approximate surface area is 89.6 Å². The van der Waals surface area contributed by atoms with Crippen LogP contribution >= 0.6 is 11.6 Å². The van der Waals surface area contributed by atoms with E-state index in [0.29, 0.717) is 0 Å². The highest BCUT2D eigenvalue weighted by atomic mass is 35.5. The van der Waals surface area contributed by atoms with E-state index in [1.54, 1.807) is 27.7 Å². The van der Waals surface area contributed by atoms with Crippen LogP contribution in [0.2, 0.25) is 0 Å². The van der Waals surface area contributed by atoms with Crippen molar-refractivity contribution in [3.05, 3.63) is 0 Å². The predicted molar refractivity (Wildman–Crippen MR) is 55.6 cm³/mol. The lowest BCUT2D eigenvalue weighted by Gasteiger charge is -2.23. The van der Waals surface area contributed by atoms with Crippen molar-refractivity contribution in [2.45, 2.75) is 45.4 Å². The molecule has 0 aliphatic carbocycles. The molecule has 0 heterocycles. The van der Waals surface area contributed by atoms with Crippen molar-refractivity contribution in [1.82, 2.24) is 5.32 Å². The van der Waals surface area contributed by atoms with Crippen molar-refractivity contribution in [2.75, 3.05) is 5.88 Å². The Morgan fingerprint density at radius 1 is 1.57 bits per heavy atom. The van der Waals surface area contributed by atoms with Gasteiger partial charge in [0.1, 0.15) is 5.60 Å². The minimum absolute atomic E-state index is 0.0803. The Balaban J connectivity index is 3.95. The normalized spacial score (nSPS) is 15.9. The lowest BCUT2D eigenvalue weighted by Crippen LogP contribution is -2.44. The van der Waals surface area contributed by atoms with Gasteiger partial charge >= 0.3 is 6.09 Å². The van der Waals surface area contributed by atoms with Crippen LogP contribution in [-0.2, 0) is 4.74 Å². The molecule has 0 rings (SSSR count). The van der Waals surface area contributed by atoms with E-state index in [1.807, 2.05) is 0 Å². The van der Waals surface area contributed by atoms with Crippen LogP contribution in [0.3, 0.4) is 0 Å². The van der Waals surface area contributed by atoms with E-state index >= 15 is 0 Å². The molecule has 0 aromatic carbocycles. The van der Waals surface area contributed by atoms with Gasteiger partial charge in [-0.3, -0.25) is 0 Å². The molecule has 0 aliphatic rings. The van der Waals surface area contributed by atoms with E-state index in [2.05, 4.69) is 5.32 Å². The zero-order chi connectivity index (χ0) is 11.4. The van der Waals surface area contributed by atoms with Gasteiger partial charge < -0.3 is 15.2 Å². The summed E-state index contributed by atoms with van der Waals surface area (Å²) in [4.78, 5) is 11.2. The van der Waals surface area contributed by atoms with Crippen molar-refractivity contribution in [1.29, 1.82) is 0 Å². The molecule has 0 aromatic rings. The number of carbonyl (C=O) groups is 1. The maximum atomic E-state index is 11.2. The summed E-state index contributed by atoms with van der Waals surface area (Å²) < 4.78 is 5.00. The summed E-state index contributed by atoms with van der Waals surface area (Å²) in [7, 11) is 0. The number of aliphatic hydroxyl groups excluding tert-OH is 1. The van der Waals surface area contributed by atoms with E-state index in [0.717, 1.165) is 0 Å². The van der Waals surface area contributed by atoms with Gasteiger partial charge in [0.15, 0.2) is 0 Å². The zero-order valence-electron chi connectivity index (χ0n) is 9.00. The summed E-state index contributed by atoms with van der Waals surface area (Å²) in [5, 5.41) is 11.8. The van der Waals surface area contributed by atoms with E-state index in [-0.39, 0.29) is 5.88 Å². The SMILES string of the molecule is C[C@@H](NC(=O)OC(C)(C)C)C(O)CCl. The Morgan fingerprint density at radius 2 is 2.07 bits per heavy atom. The second-order valence-electron chi connectivity index (χ2n) is 4.16. The fourth-order valence-electron chi connectivity index (χ4n) is 0.723. The van der Waals surface area contributed by atoms with Crippen LogP contribution in [0.4, 0.5) is 4.79 Å². The molecule has 0 saturated carbocycles. The summed E-state index contributed by atoms with van der Waals surface area (Å²) >= 11 is 5.42. The van der Waals surface area contributed by atoms with Gasteiger partial charge in [-0.2, -0.15) is 0 Å². The van der Waals surface area contributed by atoms with E-state index < -0.39 is 23.8 Å². The van der Waals surface area contributed by atoms with Gasteiger partial charge in [0.05, 0.1) is 18.0 Å². The molecular formula is C9H18ClNO3. The number of amides is 1. The summed E-state index contributed by atoms with van der Waals surface area (Å²) in [5.74, 6) is 0.0803. The average Bonchev–Trinajstić information content (AvgIpc) is 1.99. The fourth-order valence-corrected chi connectivity index (χ4v) is 0.991. The molecule has 4 nitrogen and oxygen atoms in total. The summed E-state index contributed by atoms with van der Waals surface area (Å²) in [5.41, 5.74) is -0.532. The third-order valence-electron chi connectivity index (χ3n) is 1.48. The molecule has 0 aliphatic heterocycles. The van der Waals surface area contributed by atoms with Crippen molar-refractivity contribution in [3.8, 4) is 0 Å². The van der Waals surface area contributed by atoms with Crippen LogP contribution < -0.4 is 5.32 Å². The molecule has 84 valence electrons. The molecular weight excluding hydrogens is 206 g/mol. The smallest absolute Gasteiger partial charge is 0.407 e. The largest absolute Gasteiger partial charge is 0.444 e. The third-order valence-corrected chi connectivity index (χ3v) is 1.80. The number of ether oxygens (including phenoxy) is 1. The molecule has 2 N–H and O–H groups in total. The molecule has 0 aromatic heterocycles. The topological polar surface area (TPSA) is 58.6 Å². The summed E-state index contributed by atoms with van der Waals surface area (Å²) in [6, 6.07) is -0.414. The minimum atomic E-state index is -0.760. The quantitative estimate of drug-likeness (QED) is 0.713. The maximum absolute atomic E-state index is 11.2. The van der Waals surface area contributed by atoms with Gasteiger partial charge in [-0.05, 0) is 27.7 Å². The Bertz CT molecular complexity index is 191. The summed E-state index contributed by atoms with van der Waals surface area (Å²) in [6.07, 6.45) is -1.31. The molecule has 2 atom stereocenters. The molecule has 0 bridgehead atoms. The van der Waals surface area contributed by atoms with Crippen molar-refractivity contribution < 1.29 is 14.6 Å².